The number of unbranched alkanes of at least 4 members (excludes halogenated alkanes) is 8. The van der Waals surface area contributed by atoms with Gasteiger partial charge in [-0.3, -0.25) is 24.0 Å². The van der Waals surface area contributed by atoms with Crippen LogP contribution < -0.4 is 25.8 Å². The number of nitrogens with zero attached hydrogens (tertiary/aromatic N) is 9. The number of nitriles is 1. The summed E-state index contributed by atoms with van der Waals surface area (Å²) in [5, 5.41) is 27.4. The number of Topliss-reactive ketones (excluding diaryl/α,β-unsaturated/α-hetero) is 1. The minimum Gasteiger partial charge on any atom is -0.478 e. The van der Waals surface area contributed by atoms with Gasteiger partial charge in [0.2, 0.25) is 17.8 Å². The Hall–Kier alpha value is -9.13. The summed E-state index contributed by atoms with van der Waals surface area (Å²) < 4.78 is 39.6. The van der Waals surface area contributed by atoms with E-state index in [9.17, 15) is 52.3 Å². The molecule has 4 aromatic heterocycles. The van der Waals surface area contributed by atoms with E-state index in [1.807, 2.05) is 36.6 Å². The van der Waals surface area contributed by atoms with Gasteiger partial charge in [0.15, 0.2) is 5.78 Å². The van der Waals surface area contributed by atoms with Crippen LogP contribution in [-0.2, 0) is 22.3 Å². The van der Waals surface area contributed by atoms with Crippen molar-refractivity contribution in [2.24, 2.45) is 0 Å². The molecule has 83 heavy (non-hydrogen) atoms. The van der Waals surface area contributed by atoms with Crippen molar-refractivity contribution in [3.63, 3.8) is 0 Å². The SMILES string of the molecule is Cc1cc(-c2ccc(C(=O)NCCCCCCCCCCCC(=O)NCC(=O)N3CCN(c4ncc(-c5ccc6c(n5)N(Cc5cccnc5C#N)C(C)(C)C6=O)cn4)C[C@H]3C)cc2)cc(NC(=O)c2ccc(C(F)(F)F)cc2C(=O)O)n1. The molecule has 6 aromatic rings. The normalized spacial score (nSPS) is 14.7. The van der Waals surface area contributed by atoms with Crippen molar-refractivity contribution in [1.29, 1.82) is 5.26 Å². The quantitative estimate of drug-likeness (QED) is 0.0436. The molecule has 0 radical (unpaired) electrons. The average molecular weight is 1140 g/mol. The third-order valence-electron chi connectivity index (χ3n) is 14.9. The fourth-order valence-electron chi connectivity index (χ4n) is 10.3. The second kappa shape index (κ2) is 26.6. The van der Waals surface area contributed by atoms with Gasteiger partial charge in [0, 0.05) is 86.2 Å². The first kappa shape index (κ1) is 60.0. The maximum atomic E-state index is 13.5. The second-order valence-electron chi connectivity index (χ2n) is 21.3. The number of aromatic nitrogens is 5. The maximum absolute atomic E-state index is 13.5. The number of carbonyl (C=O) groups is 6. The zero-order chi connectivity index (χ0) is 59.4. The van der Waals surface area contributed by atoms with Crippen LogP contribution in [0.3, 0.4) is 0 Å². The number of benzene rings is 2. The molecule has 0 unspecified atom stereocenters. The lowest BCUT2D eigenvalue weighted by Gasteiger charge is -2.39. The number of hydrogen-bond donors (Lipinski definition) is 4. The number of aryl methyl sites for hydroxylation is 1. The van der Waals surface area contributed by atoms with E-state index in [-0.39, 0.29) is 48.5 Å². The van der Waals surface area contributed by atoms with Gasteiger partial charge in [0.25, 0.3) is 11.8 Å². The minimum atomic E-state index is -4.79. The molecule has 0 spiro atoms. The van der Waals surface area contributed by atoms with Crippen LogP contribution in [0, 0.1) is 18.3 Å². The van der Waals surface area contributed by atoms with Crippen molar-refractivity contribution in [3.05, 3.63) is 142 Å². The number of carboxylic acid groups (broad SMARTS) is 1. The highest BCUT2D eigenvalue weighted by atomic mass is 19.4. The van der Waals surface area contributed by atoms with Crippen LogP contribution in [-0.4, -0.2) is 115 Å². The topological polar surface area (TPSA) is 257 Å². The second-order valence-corrected chi connectivity index (χ2v) is 21.3. The molecule has 2 aliphatic rings. The average Bonchev–Trinajstić information content (AvgIpc) is 3.45. The molecule has 1 saturated heterocycles. The predicted molar refractivity (Wildman–Crippen MR) is 304 cm³/mol. The van der Waals surface area contributed by atoms with Crippen LogP contribution in [0.15, 0.2) is 97.5 Å². The highest BCUT2D eigenvalue weighted by Crippen LogP contribution is 2.40. The molecule has 4 N–H and O–H groups in total. The van der Waals surface area contributed by atoms with Gasteiger partial charge in [-0.25, -0.2) is 29.7 Å². The number of piperazine rings is 1. The highest BCUT2D eigenvalue weighted by Gasteiger charge is 2.45. The van der Waals surface area contributed by atoms with E-state index in [4.69, 9.17) is 4.98 Å². The fourth-order valence-corrected chi connectivity index (χ4v) is 10.3. The van der Waals surface area contributed by atoms with E-state index >= 15 is 0 Å². The number of hydrogen-bond acceptors (Lipinski definition) is 14. The van der Waals surface area contributed by atoms with E-state index in [2.05, 4.69) is 42.0 Å². The summed E-state index contributed by atoms with van der Waals surface area (Å²) in [6.45, 7) is 9.54. The molecule has 432 valence electrons. The molecule has 1 fully saturated rings. The largest absolute Gasteiger partial charge is 0.478 e. The first-order valence-electron chi connectivity index (χ1n) is 27.7. The number of aromatic carboxylic acids is 1. The maximum Gasteiger partial charge on any atom is 0.416 e. The molecule has 0 saturated carbocycles. The zero-order valence-electron chi connectivity index (χ0n) is 46.7. The number of pyridine rings is 3. The van der Waals surface area contributed by atoms with Gasteiger partial charge in [0.05, 0.1) is 40.0 Å². The van der Waals surface area contributed by atoms with Gasteiger partial charge >= 0.3 is 12.1 Å². The summed E-state index contributed by atoms with van der Waals surface area (Å²) in [6.07, 6.45) is 9.24. The summed E-state index contributed by atoms with van der Waals surface area (Å²) >= 11 is 0. The van der Waals surface area contributed by atoms with Crippen LogP contribution in [0.1, 0.15) is 149 Å². The van der Waals surface area contributed by atoms with E-state index in [0.717, 1.165) is 63.9 Å². The molecule has 8 rings (SSSR count). The lowest BCUT2D eigenvalue weighted by Crippen LogP contribution is -2.56. The van der Waals surface area contributed by atoms with Gasteiger partial charge in [-0.05, 0) is 112 Å². The molecule has 0 aliphatic carbocycles. The van der Waals surface area contributed by atoms with Crippen LogP contribution in [0.4, 0.5) is 30.8 Å². The Kier molecular flexibility index (Phi) is 19.2. The first-order chi connectivity index (χ1) is 39.7. The lowest BCUT2D eigenvalue weighted by atomic mass is 9.97. The molecule has 6 heterocycles. The summed E-state index contributed by atoms with van der Waals surface area (Å²) in [6, 6.07) is 21.1. The summed E-state index contributed by atoms with van der Waals surface area (Å²) in [7, 11) is 0. The van der Waals surface area contributed by atoms with Gasteiger partial charge < -0.3 is 35.8 Å². The number of fused-ring (bicyclic) bond motifs is 1. The Balaban J connectivity index is 0.667. The van der Waals surface area contributed by atoms with Crippen molar-refractivity contribution in [2.75, 3.05) is 47.8 Å². The van der Waals surface area contributed by atoms with Crippen LogP contribution >= 0.6 is 0 Å². The number of rotatable bonds is 23. The number of carboxylic acids is 1. The monoisotopic (exact) mass is 1130 g/mol. The van der Waals surface area contributed by atoms with Crippen LogP contribution in [0.5, 0.6) is 0 Å². The van der Waals surface area contributed by atoms with Crippen molar-refractivity contribution >= 4 is 53.0 Å². The molecular weight excluding hydrogens is 1070 g/mol. The number of anilines is 3. The first-order valence-corrected chi connectivity index (χ1v) is 27.7. The number of amides is 4. The van der Waals surface area contributed by atoms with Crippen molar-refractivity contribution in [1.82, 2.24) is 40.5 Å². The smallest absolute Gasteiger partial charge is 0.416 e. The molecule has 1 atom stereocenters. The van der Waals surface area contributed by atoms with Gasteiger partial charge in [0.1, 0.15) is 23.4 Å². The summed E-state index contributed by atoms with van der Waals surface area (Å²) in [5.74, 6) is -2.09. The summed E-state index contributed by atoms with van der Waals surface area (Å²) in [5.41, 5.74) is 1.73. The number of ketones is 1. The number of nitrogens with one attached hydrogen (secondary N) is 3. The molecular formula is C61H65F3N12O7. The highest BCUT2D eigenvalue weighted by molar-refractivity contribution is 6.13. The molecule has 2 aromatic carbocycles. The van der Waals surface area contributed by atoms with Gasteiger partial charge in [-0.1, -0.05) is 63.1 Å². The number of carbonyl (C=O) groups excluding carboxylic acids is 5. The fraction of sp³-hybridized carbons (Fsp3) is 0.377. The summed E-state index contributed by atoms with van der Waals surface area (Å²) in [4.78, 5) is 105. The Labute approximate surface area is 478 Å². The third-order valence-corrected chi connectivity index (χ3v) is 14.9. The molecule has 4 amide bonds. The molecule has 2 aliphatic heterocycles. The Morgan fingerprint density at radius 2 is 1.48 bits per heavy atom. The molecule has 19 nitrogen and oxygen atoms in total. The third kappa shape index (κ3) is 14.9. The van der Waals surface area contributed by atoms with Crippen molar-refractivity contribution in [3.8, 4) is 28.5 Å². The molecule has 22 heteroatoms. The van der Waals surface area contributed by atoms with Gasteiger partial charge in [-0.15, -0.1) is 0 Å². The number of alkyl halides is 3. The van der Waals surface area contributed by atoms with E-state index in [1.54, 1.807) is 85.0 Å². The lowest BCUT2D eigenvalue weighted by molar-refractivity contribution is -0.137. The Morgan fingerprint density at radius 3 is 2.16 bits per heavy atom. The Bertz CT molecular complexity index is 3420. The van der Waals surface area contributed by atoms with Crippen LogP contribution in [0.25, 0.3) is 22.4 Å². The van der Waals surface area contributed by atoms with E-state index in [0.29, 0.717) is 107 Å². The van der Waals surface area contributed by atoms with Crippen LogP contribution in [0.2, 0.25) is 0 Å². The minimum absolute atomic E-state index is 0.0613. The predicted octanol–water partition coefficient (Wildman–Crippen LogP) is 9.61. The zero-order valence-corrected chi connectivity index (χ0v) is 46.7. The Morgan fingerprint density at radius 1 is 0.783 bits per heavy atom. The van der Waals surface area contributed by atoms with Gasteiger partial charge in [-0.2, -0.15) is 18.4 Å². The number of halogens is 3. The van der Waals surface area contributed by atoms with Crippen molar-refractivity contribution < 1.29 is 47.0 Å². The van der Waals surface area contributed by atoms with Crippen molar-refractivity contribution in [2.45, 2.75) is 116 Å². The molecule has 0 bridgehead atoms. The van der Waals surface area contributed by atoms with E-state index < -0.39 is 40.3 Å². The standard InChI is InChI=1S/C61H65F3N12O7/c1-38-29-43(30-51(71-38)73-57(81)46-22-21-45(61(62,63)64)31-48(46)58(82)83)40-17-19-41(20-18-40)56(80)67-25-13-11-9-7-5-6-8-10-12-16-52(77)68-35-53(78)75-28-27-74(36-39(75)2)59-69-33-44(34-70-59)49-24-23-47-54(79)60(3,4)76(55(47)72-49)37-42-15-14-26-66-50(42)32-65/h14-15,17-24,26,29-31,33-34,39H,5-13,16,25,27-28,35-37H2,1-4H3,(H,67,80)(H,68,77)(H,82,83)(H,71,73,81)/t39-/m1/s1. The van der Waals surface area contributed by atoms with E-state index in [1.165, 1.54) is 0 Å².